The average molecular weight is 621 g/mol. The maximum absolute atomic E-state index is 12.6. The molecule has 4 rings (SSSR count). The molecule has 0 heterocycles. The van der Waals surface area contributed by atoms with Crippen LogP contribution in [-0.2, 0) is 0 Å². The minimum absolute atomic E-state index is 0.370. The molecule has 0 radical (unpaired) electrons. The standard InChI is InChI=1S/C38H44N4O4/c1-2-3-4-5-6-7-8-9-10-14-29-45-36-27-23-33(24-28-36)39-30-31-17-25-37(26-18-31)46-38(43)32-19-21-34(22-20-32)40-41-42(44)35-15-12-11-13-16-35/h11-13,15-28,30,40H,2-10,14,29H2,1H3/b39-30?,42-41-. The number of carbonyl (C=O) groups excluding carboxylic acids is 1. The highest BCUT2D eigenvalue weighted by molar-refractivity contribution is 5.91. The molecule has 0 aliphatic rings. The number of hydrogen-bond donors (Lipinski definition) is 1. The van der Waals surface area contributed by atoms with E-state index in [1.54, 1.807) is 66.9 Å². The second-order valence-electron chi connectivity index (χ2n) is 11.1. The number of para-hydroxylation sites is 1. The third-order valence-corrected chi connectivity index (χ3v) is 7.42. The molecule has 4 aromatic carbocycles. The van der Waals surface area contributed by atoms with Crippen molar-refractivity contribution in [3.05, 3.63) is 119 Å². The fourth-order valence-corrected chi connectivity index (χ4v) is 4.74. The van der Waals surface area contributed by atoms with Crippen molar-refractivity contribution >= 4 is 29.2 Å². The van der Waals surface area contributed by atoms with Gasteiger partial charge < -0.3 is 14.7 Å². The zero-order valence-corrected chi connectivity index (χ0v) is 26.6. The van der Waals surface area contributed by atoms with Gasteiger partial charge in [-0.15, -0.1) is 10.3 Å². The van der Waals surface area contributed by atoms with E-state index in [-0.39, 0.29) is 0 Å². The maximum Gasteiger partial charge on any atom is 0.343 e. The van der Waals surface area contributed by atoms with E-state index in [0.29, 0.717) is 27.5 Å². The van der Waals surface area contributed by atoms with Crippen LogP contribution >= 0.6 is 0 Å². The van der Waals surface area contributed by atoms with Crippen LogP contribution in [0.25, 0.3) is 0 Å². The Hall–Kier alpha value is -4.98. The van der Waals surface area contributed by atoms with Crippen molar-refractivity contribution in [2.45, 2.75) is 71.1 Å². The van der Waals surface area contributed by atoms with E-state index in [9.17, 15) is 10.0 Å². The van der Waals surface area contributed by atoms with E-state index in [1.165, 1.54) is 57.8 Å². The zero-order valence-electron chi connectivity index (χ0n) is 26.6. The number of esters is 1. The van der Waals surface area contributed by atoms with Crippen molar-refractivity contribution in [2.24, 2.45) is 10.2 Å². The summed E-state index contributed by atoms with van der Waals surface area (Å²) in [6.07, 6.45) is 14.9. The summed E-state index contributed by atoms with van der Waals surface area (Å²) in [6.45, 7) is 3.00. The molecule has 0 aromatic heterocycles. The summed E-state index contributed by atoms with van der Waals surface area (Å²) >= 11 is 0. The lowest BCUT2D eigenvalue weighted by Crippen LogP contribution is -2.08. The number of aliphatic imine (C=N–C) groups is 1. The monoisotopic (exact) mass is 620 g/mol. The van der Waals surface area contributed by atoms with Gasteiger partial charge in [0.15, 0.2) is 5.69 Å². The zero-order chi connectivity index (χ0) is 32.2. The lowest BCUT2D eigenvalue weighted by Gasteiger charge is -2.07. The summed E-state index contributed by atoms with van der Waals surface area (Å²) in [5.41, 5.74) is 5.72. The normalized spacial score (nSPS) is 11.5. The Balaban J connectivity index is 1.14. The molecule has 0 spiro atoms. The summed E-state index contributed by atoms with van der Waals surface area (Å²) in [5, 5.41) is 15.8. The van der Waals surface area contributed by atoms with Gasteiger partial charge in [0.1, 0.15) is 17.2 Å². The first-order valence-electron chi connectivity index (χ1n) is 16.3. The molecule has 8 nitrogen and oxygen atoms in total. The highest BCUT2D eigenvalue weighted by Gasteiger charge is 2.10. The number of ether oxygens (including phenoxy) is 2. The van der Waals surface area contributed by atoms with Crippen molar-refractivity contribution in [2.75, 3.05) is 12.0 Å². The predicted octanol–water partition coefficient (Wildman–Crippen LogP) is 10.6. The lowest BCUT2D eigenvalue weighted by molar-refractivity contribution is -0.439. The Morgan fingerprint density at radius 1 is 0.739 bits per heavy atom. The number of benzene rings is 4. The highest BCUT2D eigenvalue weighted by Crippen LogP contribution is 2.20. The lowest BCUT2D eigenvalue weighted by atomic mass is 10.1. The number of anilines is 1. The second kappa shape index (κ2) is 19.4. The van der Waals surface area contributed by atoms with Gasteiger partial charge in [0.2, 0.25) is 0 Å². The largest absolute Gasteiger partial charge is 0.691 e. The van der Waals surface area contributed by atoms with E-state index in [0.717, 1.165) is 30.0 Å². The minimum Gasteiger partial charge on any atom is -0.691 e. The van der Waals surface area contributed by atoms with Crippen LogP contribution in [0.3, 0.4) is 0 Å². The molecule has 1 N–H and O–H groups in total. The molecule has 0 bridgehead atoms. The Bertz CT molecular complexity index is 1500. The van der Waals surface area contributed by atoms with E-state index in [2.05, 4.69) is 22.6 Å². The topological polar surface area (TPSA) is 98.4 Å². The second-order valence-corrected chi connectivity index (χ2v) is 11.1. The summed E-state index contributed by atoms with van der Waals surface area (Å²) in [4.78, 5) is 17.6. The Kier molecular flexibility index (Phi) is 14.3. The molecule has 46 heavy (non-hydrogen) atoms. The Labute approximate surface area is 272 Å². The van der Waals surface area contributed by atoms with E-state index >= 15 is 0 Å². The quantitative estimate of drug-likeness (QED) is 0.0214. The molecule has 0 fully saturated rings. The van der Waals surface area contributed by atoms with Crippen molar-refractivity contribution in [1.82, 2.24) is 0 Å². The van der Waals surface area contributed by atoms with Crippen LogP contribution < -0.4 is 14.9 Å². The third-order valence-electron chi connectivity index (χ3n) is 7.42. The molecule has 8 heteroatoms. The first-order valence-corrected chi connectivity index (χ1v) is 16.3. The molecular weight excluding hydrogens is 576 g/mol. The van der Waals surface area contributed by atoms with E-state index in [1.807, 2.05) is 42.5 Å². The molecule has 0 saturated heterocycles. The molecule has 0 saturated carbocycles. The van der Waals surface area contributed by atoms with Gasteiger partial charge in [0.05, 0.1) is 23.1 Å². The van der Waals surface area contributed by atoms with Gasteiger partial charge in [-0.25, -0.2) is 4.79 Å². The van der Waals surface area contributed by atoms with E-state index < -0.39 is 5.97 Å². The van der Waals surface area contributed by atoms with Crippen LogP contribution in [0, 0.1) is 5.21 Å². The van der Waals surface area contributed by atoms with Crippen LogP contribution in [0.2, 0.25) is 0 Å². The summed E-state index contributed by atoms with van der Waals surface area (Å²) in [7, 11) is 0. The molecular formula is C38H44N4O4. The molecule has 240 valence electrons. The van der Waals surface area contributed by atoms with Crippen LogP contribution in [0.5, 0.6) is 11.5 Å². The molecule has 4 aromatic rings. The SMILES string of the molecule is CCCCCCCCCCCCOc1ccc(N=Cc2ccc(OC(=O)c3ccc(N/N=[N+](\[O-])c4ccccc4)cc3)cc2)cc1. The number of unbranched alkanes of at least 4 members (excludes halogenated alkanes) is 9. The molecule has 0 amide bonds. The fraction of sp³-hybridized carbons (Fsp3) is 0.316. The molecule has 0 atom stereocenters. The fourth-order valence-electron chi connectivity index (χ4n) is 4.74. The summed E-state index contributed by atoms with van der Waals surface area (Å²) < 4.78 is 11.4. The summed E-state index contributed by atoms with van der Waals surface area (Å²) in [6, 6.07) is 30.1. The van der Waals surface area contributed by atoms with Crippen LogP contribution in [0.4, 0.5) is 17.1 Å². The first-order chi connectivity index (χ1) is 22.6. The van der Waals surface area contributed by atoms with Crippen molar-refractivity contribution < 1.29 is 19.1 Å². The minimum atomic E-state index is -0.491. The maximum atomic E-state index is 12.6. The Morgan fingerprint density at radius 3 is 2.00 bits per heavy atom. The van der Waals surface area contributed by atoms with Crippen molar-refractivity contribution in [1.29, 1.82) is 0 Å². The van der Waals surface area contributed by atoms with Gasteiger partial charge in [-0.05, 0) is 96.9 Å². The van der Waals surface area contributed by atoms with Gasteiger partial charge in [0.25, 0.3) is 0 Å². The van der Waals surface area contributed by atoms with Crippen LogP contribution in [0.15, 0.2) is 113 Å². The van der Waals surface area contributed by atoms with Gasteiger partial charge in [-0.3, -0.25) is 4.99 Å². The van der Waals surface area contributed by atoms with E-state index in [4.69, 9.17) is 9.47 Å². The Morgan fingerprint density at radius 2 is 1.35 bits per heavy atom. The molecule has 0 unspecified atom stereocenters. The van der Waals surface area contributed by atoms with Gasteiger partial charge in [-0.1, -0.05) is 82.9 Å². The smallest absolute Gasteiger partial charge is 0.343 e. The van der Waals surface area contributed by atoms with Gasteiger partial charge in [-0.2, -0.15) is 0 Å². The predicted molar refractivity (Wildman–Crippen MR) is 185 cm³/mol. The molecule has 0 aliphatic carbocycles. The van der Waals surface area contributed by atoms with Crippen molar-refractivity contribution in [3.63, 3.8) is 0 Å². The van der Waals surface area contributed by atoms with Crippen LogP contribution in [-0.4, -0.2) is 23.7 Å². The summed E-state index contributed by atoms with van der Waals surface area (Å²) in [5.74, 6) is 0.794. The third kappa shape index (κ3) is 12.2. The highest BCUT2D eigenvalue weighted by atomic mass is 16.5. The first kappa shape index (κ1) is 33.9. The number of nitrogens with zero attached hydrogens (tertiary/aromatic N) is 3. The van der Waals surface area contributed by atoms with Crippen LogP contribution in [0.1, 0.15) is 87.1 Å². The average Bonchev–Trinajstić information content (AvgIpc) is 3.10. The van der Waals surface area contributed by atoms with Gasteiger partial charge >= 0.3 is 5.97 Å². The number of rotatable bonds is 19. The number of carbonyl (C=O) groups is 1. The number of nitrogens with one attached hydrogen (secondary N) is 1. The van der Waals surface area contributed by atoms with Gasteiger partial charge in [0, 0.05) is 6.21 Å². The van der Waals surface area contributed by atoms with Crippen molar-refractivity contribution in [3.8, 4) is 11.5 Å². The molecule has 0 aliphatic heterocycles. The number of hydrogen-bond acceptors (Lipinski definition) is 6.